The zero-order valence-corrected chi connectivity index (χ0v) is 11.0. The van der Waals surface area contributed by atoms with E-state index in [1.807, 2.05) is 5.32 Å². The van der Waals surface area contributed by atoms with Gasteiger partial charge in [-0.05, 0) is 28.1 Å². The number of hydrogen-bond acceptors (Lipinski definition) is 5. The van der Waals surface area contributed by atoms with Crippen molar-refractivity contribution in [1.82, 2.24) is 5.32 Å². The maximum atomic E-state index is 11.7. The number of nitro benzene ring substituents is 1. The van der Waals surface area contributed by atoms with Gasteiger partial charge in [-0.1, -0.05) is 0 Å². The maximum Gasteiger partial charge on any atom is 0.328 e. The van der Waals surface area contributed by atoms with Crippen molar-refractivity contribution in [1.29, 1.82) is 0 Å². The van der Waals surface area contributed by atoms with Gasteiger partial charge >= 0.3 is 5.97 Å². The van der Waals surface area contributed by atoms with E-state index in [9.17, 15) is 19.7 Å². The van der Waals surface area contributed by atoms with Crippen LogP contribution in [0.4, 0.5) is 5.69 Å². The molecular formula is C10H9BrN2O6. The summed E-state index contributed by atoms with van der Waals surface area (Å²) >= 11 is 2.96. The molecule has 0 spiro atoms. The van der Waals surface area contributed by atoms with Crippen LogP contribution in [0.25, 0.3) is 0 Å². The first kappa shape index (κ1) is 15.1. The average Bonchev–Trinajstić information content (AvgIpc) is 2.35. The van der Waals surface area contributed by atoms with E-state index in [0.29, 0.717) is 0 Å². The minimum atomic E-state index is -1.46. The first-order valence-corrected chi connectivity index (χ1v) is 5.74. The molecule has 1 amide bonds. The van der Waals surface area contributed by atoms with E-state index >= 15 is 0 Å². The van der Waals surface area contributed by atoms with Gasteiger partial charge in [-0.15, -0.1) is 0 Å². The Balaban J connectivity index is 2.97. The Hall–Kier alpha value is -2.00. The van der Waals surface area contributed by atoms with E-state index in [1.165, 1.54) is 12.1 Å². The summed E-state index contributed by atoms with van der Waals surface area (Å²) in [4.78, 5) is 32.3. The topological polar surface area (TPSA) is 130 Å². The van der Waals surface area contributed by atoms with Crippen LogP contribution in [0.1, 0.15) is 10.4 Å². The standard InChI is InChI=1S/C10H9BrN2O6/c11-6-2-1-5(3-8(6)13(18)19)9(15)12-7(4-14)10(16)17/h1-3,7,14H,4H2,(H,12,15)(H,16,17). The van der Waals surface area contributed by atoms with Gasteiger partial charge in [0.15, 0.2) is 6.04 Å². The summed E-state index contributed by atoms with van der Waals surface area (Å²) in [5.41, 5.74) is -0.391. The number of nitro groups is 1. The Bertz CT molecular complexity index is 533. The molecule has 8 nitrogen and oxygen atoms in total. The fourth-order valence-corrected chi connectivity index (χ4v) is 1.61. The molecule has 102 valence electrons. The second-order valence-electron chi connectivity index (χ2n) is 3.47. The van der Waals surface area contributed by atoms with E-state index < -0.39 is 29.4 Å². The number of nitrogens with zero attached hydrogens (tertiary/aromatic N) is 1. The Morgan fingerprint density at radius 1 is 1.47 bits per heavy atom. The molecule has 1 aromatic carbocycles. The van der Waals surface area contributed by atoms with E-state index in [0.717, 1.165) is 6.07 Å². The van der Waals surface area contributed by atoms with Gasteiger partial charge in [0.2, 0.25) is 0 Å². The van der Waals surface area contributed by atoms with Crippen molar-refractivity contribution < 1.29 is 24.7 Å². The summed E-state index contributed by atoms with van der Waals surface area (Å²) in [5, 5.41) is 30.2. The molecule has 0 saturated carbocycles. The monoisotopic (exact) mass is 332 g/mol. The lowest BCUT2D eigenvalue weighted by atomic mass is 10.1. The van der Waals surface area contributed by atoms with Crippen molar-refractivity contribution >= 4 is 33.5 Å². The summed E-state index contributed by atoms with van der Waals surface area (Å²) in [6.45, 7) is -0.778. The van der Waals surface area contributed by atoms with Crippen molar-refractivity contribution in [2.45, 2.75) is 6.04 Å². The number of carbonyl (C=O) groups is 2. The number of aliphatic hydroxyl groups excluding tert-OH is 1. The Morgan fingerprint density at radius 3 is 2.58 bits per heavy atom. The number of amides is 1. The second-order valence-corrected chi connectivity index (χ2v) is 4.32. The average molecular weight is 333 g/mol. The molecule has 0 fully saturated rings. The molecule has 9 heteroatoms. The number of benzene rings is 1. The van der Waals surface area contributed by atoms with Crippen molar-refractivity contribution in [2.75, 3.05) is 6.61 Å². The van der Waals surface area contributed by atoms with Crippen LogP contribution in [0.3, 0.4) is 0 Å². The molecule has 0 saturated heterocycles. The van der Waals surface area contributed by atoms with Crippen LogP contribution >= 0.6 is 15.9 Å². The lowest BCUT2D eigenvalue weighted by Crippen LogP contribution is -2.43. The predicted molar refractivity (Wildman–Crippen MR) is 66.8 cm³/mol. The summed E-state index contributed by atoms with van der Waals surface area (Å²) in [7, 11) is 0. The van der Waals surface area contributed by atoms with Gasteiger partial charge in [0.05, 0.1) is 16.0 Å². The summed E-state index contributed by atoms with van der Waals surface area (Å²) in [6, 6.07) is 2.15. The van der Waals surface area contributed by atoms with Crippen LogP contribution in [0.5, 0.6) is 0 Å². The molecule has 1 rings (SSSR count). The third-order valence-corrected chi connectivity index (χ3v) is 2.86. The molecule has 1 unspecified atom stereocenters. The number of aliphatic carboxylic acids is 1. The SMILES string of the molecule is O=C(NC(CO)C(=O)O)c1ccc(Br)c([N+](=O)[O-])c1. The number of hydrogen-bond donors (Lipinski definition) is 3. The minimum Gasteiger partial charge on any atom is -0.480 e. The number of nitrogens with one attached hydrogen (secondary N) is 1. The Kier molecular flexibility index (Phi) is 4.95. The summed E-state index contributed by atoms with van der Waals surface area (Å²) in [6.07, 6.45) is 0. The van der Waals surface area contributed by atoms with Crippen LogP contribution < -0.4 is 5.32 Å². The molecule has 1 aromatic rings. The van der Waals surface area contributed by atoms with Gasteiger partial charge < -0.3 is 15.5 Å². The first-order chi connectivity index (χ1) is 8.86. The van der Waals surface area contributed by atoms with E-state index in [4.69, 9.17) is 10.2 Å². The second kappa shape index (κ2) is 6.25. The Labute approximate surface area is 115 Å². The zero-order chi connectivity index (χ0) is 14.6. The molecule has 0 aliphatic carbocycles. The highest BCUT2D eigenvalue weighted by atomic mass is 79.9. The molecule has 3 N–H and O–H groups in total. The van der Waals surface area contributed by atoms with E-state index in [2.05, 4.69) is 15.9 Å². The number of rotatable bonds is 5. The summed E-state index contributed by atoms with van der Waals surface area (Å²) < 4.78 is 0.200. The van der Waals surface area contributed by atoms with Crippen LogP contribution in [-0.4, -0.2) is 39.7 Å². The van der Waals surface area contributed by atoms with Gasteiger partial charge in [-0.2, -0.15) is 0 Å². The molecule has 0 radical (unpaired) electrons. The number of carbonyl (C=O) groups excluding carboxylic acids is 1. The first-order valence-electron chi connectivity index (χ1n) is 4.95. The number of aliphatic hydroxyl groups is 1. The number of halogens is 1. The molecule has 0 aromatic heterocycles. The predicted octanol–water partition coefficient (Wildman–Crippen LogP) is 0.533. The van der Waals surface area contributed by atoms with E-state index in [-0.39, 0.29) is 15.7 Å². The summed E-state index contributed by atoms with van der Waals surface area (Å²) in [5.74, 6) is -2.22. The highest BCUT2D eigenvalue weighted by Gasteiger charge is 2.21. The van der Waals surface area contributed by atoms with Gasteiger partial charge in [-0.3, -0.25) is 14.9 Å². The molecule has 0 aliphatic rings. The third kappa shape index (κ3) is 3.73. The van der Waals surface area contributed by atoms with Gasteiger partial charge in [0.1, 0.15) is 0 Å². The highest BCUT2D eigenvalue weighted by Crippen LogP contribution is 2.25. The molecule has 0 aliphatic heterocycles. The van der Waals surface area contributed by atoms with Crippen molar-refractivity contribution in [2.24, 2.45) is 0 Å². The maximum absolute atomic E-state index is 11.7. The smallest absolute Gasteiger partial charge is 0.328 e. The zero-order valence-electron chi connectivity index (χ0n) is 9.37. The van der Waals surface area contributed by atoms with Gasteiger partial charge in [-0.25, -0.2) is 4.79 Å². The fraction of sp³-hybridized carbons (Fsp3) is 0.200. The molecule has 1 atom stereocenters. The van der Waals surface area contributed by atoms with Crippen molar-refractivity contribution in [3.8, 4) is 0 Å². The van der Waals surface area contributed by atoms with Crippen molar-refractivity contribution in [3.63, 3.8) is 0 Å². The lowest BCUT2D eigenvalue weighted by molar-refractivity contribution is -0.385. The van der Waals surface area contributed by atoms with Gasteiger partial charge in [0, 0.05) is 11.6 Å². The van der Waals surface area contributed by atoms with Crippen molar-refractivity contribution in [3.05, 3.63) is 38.3 Å². The van der Waals surface area contributed by atoms with Gasteiger partial charge in [0.25, 0.3) is 11.6 Å². The minimum absolute atomic E-state index is 0.0744. The Morgan fingerprint density at radius 2 is 2.11 bits per heavy atom. The number of carboxylic acids is 1. The molecule has 19 heavy (non-hydrogen) atoms. The normalized spacial score (nSPS) is 11.7. The largest absolute Gasteiger partial charge is 0.480 e. The van der Waals surface area contributed by atoms with Crippen LogP contribution in [-0.2, 0) is 4.79 Å². The quantitative estimate of drug-likeness (QED) is 0.532. The highest BCUT2D eigenvalue weighted by molar-refractivity contribution is 9.10. The van der Waals surface area contributed by atoms with Crippen LogP contribution in [0.2, 0.25) is 0 Å². The molecular weight excluding hydrogens is 324 g/mol. The van der Waals surface area contributed by atoms with E-state index in [1.54, 1.807) is 0 Å². The molecule has 0 heterocycles. The third-order valence-electron chi connectivity index (χ3n) is 2.19. The molecule has 0 bridgehead atoms. The number of carboxylic acid groups (broad SMARTS) is 1. The lowest BCUT2D eigenvalue weighted by Gasteiger charge is -2.11. The van der Waals surface area contributed by atoms with Crippen LogP contribution in [0, 0.1) is 10.1 Å². The van der Waals surface area contributed by atoms with Crippen LogP contribution in [0.15, 0.2) is 22.7 Å². The fourth-order valence-electron chi connectivity index (χ4n) is 1.22.